The molecule has 16 aromatic carbocycles. The van der Waals surface area contributed by atoms with E-state index in [2.05, 4.69) is 359 Å². The molecule has 23 aromatic rings. The third-order valence-corrected chi connectivity index (χ3v) is 25.6. The molecule has 0 aliphatic carbocycles. The maximum absolute atomic E-state index is 5.75. The van der Waals surface area contributed by atoms with Gasteiger partial charge in [-0.2, -0.15) is 0 Å². The predicted octanol–water partition coefficient (Wildman–Crippen LogP) is 28.0. The van der Waals surface area contributed by atoms with Gasteiger partial charge in [0.15, 0.2) is 0 Å². The molecule has 5 nitrogen and oxygen atoms in total. The Balaban J connectivity index is 0.610. The zero-order chi connectivity index (χ0) is 69.2. The van der Waals surface area contributed by atoms with E-state index in [-0.39, 0.29) is 0 Å². The Kier molecular flexibility index (Phi) is 13.0. The van der Waals surface area contributed by atoms with E-state index in [1.165, 1.54) is 126 Å². The monoisotopic (exact) mass is 1400 g/mol. The van der Waals surface area contributed by atoms with Crippen LogP contribution in [0.15, 0.2) is 346 Å². The van der Waals surface area contributed by atoms with Crippen LogP contribution < -0.4 is 0 Å². The van der Waals surface area contributed by atoms with Gasteiger partial charge in [-0.15, -0.1) is 34.0 Å². The zero-order valence-corrected chi connectivity index (χ0v) is 59.3. The molecule has 0 radical (unpaired) electrons. The van der Waals surface area contributed by atoms with Crippen molar-refractivity contribution < 1.29 is 0 Å². The molecule has 0 amide bonds. The van der Waals surface area contributed by atoms with Crippen LogP contribution in [0, 0.1) is 0 Å². The van der Waals surface area contributed by atoms with Gasteiger partial charge in [-0.1, -0.05) is 206 Å². The second-order valence-electron chi connectivity index (χ2n) is 28.0. The number of fused-ring (bicyclic) bond motifs is 19. The van der Waals surface area contributed by atoms with E-state index < -0.39 is 0 Å². The molecule has 0 N–H and O–H groups in total. The summed E-state index contributed by atoms with van der Waals surface area (Å²) >= 11 is 5.57. The highest BCUT2D eigenvalue weighted by molar-refractivity contribution is 7.26. The molecule has 0 fully saturated rings. The molecule has 0 bridgehead atoms. The molecule has 0 unspecified atom stereocenters. The third-order valence-electron chi connectivity index (χ3n) is 22.1. The lowest BCUT2D eigenvalue weighted by Gasteiger charge is -2.15. The molecule has 0 aliphatic rings. The summed E-state index contributed by atoms with van der Waals surface area (Å²) in [5.74, 6) is 0.618. The van der Waals surface area contributed by atoms with Crippen LogP contribution in [0.1, 0.15) is 0 Å². The molecule has 0 aliphatic heterocycles. The first-order valence-corrected chi connectivity index (χ1v) is 38.4. The fourth-order valence-electron chi connectivity index (χ4n) is 17.0. The molecule has 0 saturated carbocycles. The van der Waals surface area contributed by atoms with Crippen LogP contribution in [-0.4, -0.2) is 23.7 Å². The average molecular weight is 1400 g/mol. The van der Waals surface area contributed by atoms with E-state index in [0.717, 1.165) is 88.6 Å². The number of hydrogen-bond acceptors (Lipinski definition) is 5. The van der Waals surface area contributed by atoms with E-state index in [4.69, 9.17) is 9.97 Å². The van der Waals surface area contributed by atoms with Crippen molar-refractivity contribution in [3.05, 3.63) is 346 Å². The summed E-state index contributed by atoms with van der Waals surface area (Å²) in [6.07, 6.45) is 0. The topological polar surface area (TPSA) is 40.6 Å². The van der Waals surface area contributed by atoms with Gasteiger partial charge in [-0.3, -0.25) is 4.57 Å². The Bertz CT molecular complexity index is 7630. The number of rotatable bonds is 9. The van der Waals surface area contributed by atoms with Crippen molar-refractivity contribution in [3.8, 4) is 84.2 Å². The molecule has 7 heterocycles. The number of nitrogens with zero attached hydrogens (tertiary/aromatic N) is 5. The van der Waals surface area contributed by atoms with Crippen LogP contribution in [0.4, 0.5) is 0 Å². The smallest absolute Gasteiger partial charge is 0.235 e. The van der Waals surface area contributed by atoms with Crippen molar-refractivity contribution in [1.29, 1.82) is 0 Å². The van der Waals surface area contributed by atoms with Gasteiger partial charge >= 0.3 is 0 Å². The summed E-state index contributed by atoms with van der Waals surface area (Å²) < 4.78 is 15.0. The Morgan fingerprint density at radius 3 is 0.896 bits per heavy atom. The van der Waals surface area contributed by atoms with E-state index in [1.54, 1.807) is 0 Å². The van der Waals surface area contributed by atoms with Gasteiger partial charge in [0.05, 0.1) is 44.3 Å². The molecule has 23 rings (SSSR count). The van der Waals surface area contributed by atoms with E-state index in [9.17, 15) is 0 Å². The van der Waals surface area contributed by atoms with Crippen LogP contribution in [0.2, 0.25) is 0 Å². The summed E-state index contributed by atoms with van der Waals surface area (Å²) in [5.41, 5.74) is 23.4. The summed E-state index contributed by atoms with van der Waals surface area (Å²) in [7, 11) is 0. The maximum Gasteiger partial charge on any atom is 0.235 e. The second kappa shape index (κ2) is 23.2. The normalized spacial score (nSPS) is 12.2. The molecular formula is C98H57N5S3. The van der Waals surface area contributed by atoms with E-state index in [0.29, 0.717) is 5.95 Å². The van der Waals surface area contributed by atoms with Crippen LogP contribution >= 0.6 is 34.0 Å². The van der Waals surface area contributed by atoms with Crippen molar-refractivity contribution in [2.45, 2.75) is 0 Å². The van der Waals surface area contributed by atoms with Crippen LogP contribution in [-0.2, 0) is 0 Å². The third kappa shape index (κ3) is 9.25. The highest BCUT2D eigenvalue weighted by atomic mass is 32.1. The largest absolute Gasteiger partial charge is 0.309 e. The Labute approximate surface area is 619 Å². The van der Waals surface area contributed by atoms with Gasteiger partial charge in [0, 0.05) is 115 Å². The minimum Gasteiger partial charge on any atom is -0.309 e. The average Bonchev–Trinajstić information content (AvgIpc) is 1.59. The molecular weight excluding hydrogens is 1340 g/mol. The van der Waals surface area contributed by atoms with Crippen LogP contribution in [0.3, 0.4) is 0 Å². The minimum atomic E-state index is 0.618. The SMILES string of the molecule is c1ccc2c(c1)sc1ccc(-c3ccc4c(c3)c3ccccc3n4-c3ccc(-c4ccc(-c5ccc(-c6nc(-n7c8ccccc8c8cc(-c9ccc%10sc%11ccccc%11c%10c9)ccc87)nc7ccc(-n8c9ccccc9c9cc(-c%10ccc%11sc%12ccccc%12c%11c%10)ccc98)cc67)cc5)cc4)cc3)cc12. The Morgan fingerprint density at radius 1 is 0.179 bits per heavy atom. The molecule has 0 atom stereocenters. The summed E-state index contributed by atoms with van der Waals surface area (Å²) in [5, 5.41) is 16.0. The van der Waals surface area contributed by atoms with Crippen LogP contribution in [0.25, 0.3) is 221 Å². The quantitative estimate of drug-likeness (QED) is 0.144. The lowest BCUT2D eigenvalue weighted by molar-refractivity contribution is 1.01. The summed E-state index contributed by atoms with van der Waals surface area (Å²) in [4.78, 5) is 11.3. The Morgan fingerprint density at radius 2 is 0.472 bits per heavy atom. The summed E-state index contributed by atoms with van der Waals surface area (Å²) in [6, 6.07) is 128. The standard InChI is InChI=1S/C98H57N5S3/c1-7-19-85-71(13-1)77-51-63(66-38-48-94-80(54-66)74-16-4-10-22-91(74)104-94)35-45-88(77)101(85)69-41-33-61(34-42-69)59-27-25-58(26-28-59)60-29-31-62(32-30-60)97-83-57-70(102-86-20-8-2-14-72(86)78-52-64(36-46-89(78)102)67-39-49-95-81(55-67)75-17-5-11-23-92(75)105-95)43-44-84(83)99-98(100-97)103-87-21-9-3-15-73(87)79-53-65(37-47-90(79)103)68-40-50-96-82(56-68)76-18-6-12-24-93(76)106-96/h1-57H. The highest BCUT2D eigenvalue weighted by Crippen LogP contribution is 2.45. The summed E-state index contributed by atoms with van der Waals surface area (Å²) in [6.45, 7) is 0. The molecule has 8 heteroatoms. The fraction of sp³-hybridized carbons (Fsp3) is 0. The first-order chi connectivity index (χ1) is 52.5. The highest BCUT2D eigenvalue weighted by Gasteiger charge is 2.23. The van der Waals surface area contributed by atoms with Crippen molar-refractivity contribution in [2.24, 2.45) is 0 Å². The zero-order valence-electron chi connectivity index (χ0n) is 56.9. The molecule has 492 valence electrons. The number of benzene rings is 16. The predicted molar refractivity (Wildman–Crippen MR) is 454 cm³/mol. The van der Waals surface area contributed by atoms with Gasteiger partial charge in [0.1, 0.15) is 0 Å². The van der Waals surface area contributed by atoms with E-state index in [1.807, 2.05) is 34.0 Å². The van der Waals surface area contributed by atoms with Gasteiger partial charge < -0.3 is 9.13 Å². The number of aromatic nitrogens is 5. The number of hydrogen-bond donors (Lipinski definition) is 0. The second-order valence-corrected chi connectivity index (χ2v) is 31.2. The lowest BCUT2D eigenvalue weighted by atomic mass is 9.98. The van der Waals surface area contributed by atoms with Gasteiger partial charge in [0.25, 0.3) is 0 Å². The Hall–Kier alpha value is -13.1. The van der Waals surface area contributed by atoms with E-state index >= 15 is 0 Å². The molecule has 0 saturated heterocycles. The van der Waals surface area contributed by atoms with Crippen molar-refractivity contribution >= 4 is 171 Å². The molecule has 7 aromatic heterocycles. The van der Waals surface area contributed by atoms with Gasteiger partial charge in [-0.25, -0.2) is 9.97 Å². The van der Waals surface area contributed by atoms with Crippen molar-refractivity contribution in [1.82, 2.24) is 23.7 Å². The molecule has 0 spiro atoms. The minimum absolute atomic E-state index is 0.618. The maximum atomic E-state index is 5.75. The fourth-order valence-corrected chi connectivity index (χ4v) is 20.2. The molecule has 106 heavy (non-hydrogen) atoms. The first kappa shape index (κ1) is 59.4. The van der Waals surface area contributed by atoms with Crippen LogP contribution in [0.5, 0.6) is 0 Å². The van der Waals surface area contributed by atoms with Crippen molar-refractivity contribution in [2.75, 3.05) is 0 Å². The number of para-hydroxylation sites is 3. The number of thiophene rings is 3. The van der Waals surface area contributed by atoms with Crippen molar-refractivity contribution in [3.63, 3.8) is 0 Å². The van der Waals surface area contributed by atoms with Gasteiger partial charge in [0.2, 0.25) is 5.95 Å². The first-order valence-electron chi connectivity index (χ1n) is 36.0. The van der Waals surface area contributed by atoms with Gasteiger partial charge in [-0.05, 0) is 195 Å². The lowest BCUT2D eigenvalue weighted by Crippen LogP contribution is -2.04.